The molecule has 0 aliphatic carbocycles. The Morgan fingerprint density at radius 2 is 1.68 bits per heavy atom. The predicted molar refractivity (Wildman–Crippen MR) is 100 cm³/mol. The first-order valence-corrected chi connectivity index (χ1v) is 7.71. The number of carbonyl (C=O) groups is 2. The van der Waals surface area contributed by atoms with Crippen LogP contribution in [0.2, 0.25) is 0 Å². The summed E-state index contributed by atoms with van der Waals surface area (Å²) in [4.78, 5) is 24.7. The molecule has 2 rings (SSSR count). The topological polar surface area (TPSA) is 58.2 Å². The second kappa shape index (κ2) is 8.90. The molecule has 124 valence electrons. The molecule has 25 heavy (non-hydrogen) atoms. The summed E-state index contributed by atoms with van der Waals surface area (Å²) in [6.07, 6.45) is 10.0. The van der Waals surface area contributed by atoms with E-state index in [4.69, 9.17) is 6.42 Å². The van der Waals surface area contributed by atoms with Crippen molar-refractivity contribution in [1.29, 1.82) is 0 Å². The Morgan fingerprint density at radius 1 is 1.00 bits per heavy atom. The SMILES string of the molecule is C#CC=CC(=CC)NC(=O)c1cccc(C(=O)Nc2ccccc2)c1. The van der Waals surface area contributed by atoms with Crippen molar-refractivity contribution >= 4 is 17.5 Å². The molecule has 2 aromatic rings. The van der Waals surface area contributed by atoms with Gasteiger partial charge in [-0.25, -0.2) is 0 Å². The molecule has 2 aromatic carbocycles. The molecule has 0 heterocycles. The van der Waals surface area contributed by atoms with Gasteiger partial charge >= 0.3 is 0 Å². The van der Waals surface area contributed by atoms with Crippen molar-refractivity contribution in [3.8, 4) is 12.3 Å². The molecule has 4 heteroatoms. The fraction of sp³-hybridized carbons (Fsp3) is 0.0476. The van der Waals surface area contributed by atoms with E-state index < -0.39 is 0 Å². The average molecular weight is 330 g/mol. The van der Waals surface area contributed by atoms with Crippen LogP contribution in [-0.4, -0.2) is 11.8 Å². The van der Waals surface area contributed by atoms with Gasteiger partial charge in [0, 0.05) is 22.5 Å². The number of benzene rings is 2. The highest BCUT2D eigenvalue weighted by Gasteiger charge is 2.11. The summed E-state index contributed by atoms with van der Waals surface area (Å²) >= 11 is 0. The fourth-order valence-electron chi connectivity index (χ4n) is 2.08. The molecule has 0 spiro atoms. The monoisotopic (exact) mass is 330 g/mol. The Labute approximate surface area is 147 Å². The number of hydrogen-bond donors (Lipinski definition) is 2. The fourth-order valence-corrected chi connectivity index (χ4v) is 2.08. The average Bonchev–Trinajstić information content (AvgIpc) is 2.65. The summed E-state index contributed by atoms with van der Waals surface area (Å²) in [6, 6.07) is 15.6. The van der Waals surface area contributed by atoms with E-state index in [2.05, 4.69) is 16.6 Å². The Balaban J connectivity index is 2.12. The summed E-state index contributed by atoms with van der Waals surface area (Å²) in [5.74, 6) is 1.77. The molecule has 2 N–H and O–H groups in total. The zero-order valence-corrected chi connectivity index (χ0v) is 13.8. The highest BCUT2D eigenvalue weighted by molar-refractivity contribution is 6.06. The Hall–Kier alpha value is -3.58. The van der Waals surface area contributed by atoms with Crippen LogP contribution in [0.15, 0.2) is 78.5 Å². The van der Waals surface area contributed by atoms with Crippen LogP contribution in [0.5, 0.6) is 0 Å². The zero-order chi connectivity index (χ0) is 18.1. The van der Waals surface area contributed by atoms with Gasteiger partial charge in [0.1, 0.15) is 0 Å². The summed E-state index contributed by atoms with van der Waals surface area (Å²) in [5, 5.41) is 5.53. The minimum Gasteiger partial charge on any atom is -0.322 e. The number of para-hydroxylation sites is 1. The molecule has 0 aromatic heterocycles. The van der Waals surface area contributed by atoms with Crippen molar-refractivity contribution in [2.75, 3.05) is 5.32 Å². The maximum Gasteiger partial charge on any atom is 0.255 e. The van der Waals surface area contributed by atoms with E-state index in [-0.39, 0.29) is 11.8 Å². The van der Waals surface area contributed by atoms with E-state index in [1.807, 2.05) is 18.2 Å². The van der Waals surface area contributed by atoms with Gasteiger partial charge in [-0.05, 0) is 49.4 Å². The minimum atomic E-state index is -0.316. The van der Waals surface area contributed by atoms with Gasteiger partial charge in [-0.1, -0.05) is 36.3 Å². The lowest BCUT2D eigenvalue weighted by molar-refractivity contribution is 0.0967. The summed E-state index contributed by atoms with van der Waals surface area (Å²) in [5.41, 5.74) is 2.06. The van der Waals surface area contributed by atoms with E-state index in [1.54, 1.807) is 55.5 Å². The van der Waals surface area contributed by atoms with Crippen LogP contribution in [0.4, 0.5) is 5.69 Å². The summed E-state index contributed by atoms with van der Waals surface area (Å²) in [6.45, 7) is 1.79. The largest absolute Gasteiger partial charge is 0.322 e. The molecular weight excluding hydrogens is 312 g/mol. The van der Waals surface area contributed by atoms with Crippen LogP contribution in [0.25, 0.3) is 0 Å². The second-order valence-electron chi connectivity index (χ2n) is 5.10. The molecule has 2 amide bonds. The van der Waals surface area contributed by atoms with E-state index >= 15 is 0 Å². The number of anilines is 1. The van der Waals surface area contributed by atoms with Crippen LogP contribution in [-0.2, 0) is 0 Å². The van der Waals surface area contributed by atoms with Gasteiger partial charge in [-0.2, -0.15) is 0 Å². The molecule has 0 bridgehead atoms. The van der Waals surface area contributed by atoms with Gasteiger partial charge in [0.15, 0.2) is 0 Å². The smallest absolute Gasteiger partial charge is 0.255 e. The van der Waals surface area contributed by atoms with E-state index in [0.717, 1.165) is 0 Å². The number of allylic oxidation sites excluding steroid dienone is 3. The highest BCUT2D eigenvalue weighted by atomic mass is 16.2. The molecular formula is C21H18N2O2. The Kier molecular flexibility index (Phi) is 6.32. The summed E-state index contributed by atoms with van der Waals surface area (Å²) in [7, 11) is 0. The van der Waals surface area contributed by atoms with Gasteiger partial charge in [-0.15, -0.1) is 6.42 Å². The number of amides is 2. The second-order valence-corrected chi connectivity index (χ2v) is 5.10. The molecule has 0 unspecified atom stereocenters. The number of terminal acetylenes is 1. The molecule has 0 aliphatic rings. The molecule has 0 saturated heterocycles. The molecule has 0 aliphatic heterocycles. The van der Waals surface area contributed by atoms with Crippen LogP contribution in [0.3, 0.4) is 0 Å². The van der Waals surface area contributed by atoms with Gasteiger partial charge in [-0.3, -0.25) is 9.59 Å². The van der Waals surface area contributed by atoms with Crippen molar-refractivity contribution in [2.24, 2.45) is 0 Å². The Morgan fingerprint density at radius 3 is 2.32 bits per heavy atom. The number of hydrogen-bond acceptors (Lipinski definition) is 2. The third-order valence-electron chi connectivity index (χ3n) is 3.35. The first-order valence-electron chi connectivity index (χ1n) is 7.71. The number of rotatable bonds is 5. The Bertz CT molecular complexity index is 859. The standard InChI is InChI=1S/C21H18N2O2/c1-3-5-12-18(4-2)22-20(24)16-10-9-11-17(15-16)21(25)23-19-13-7-6-8-14-19/h1,4-15H,2H3,(H,22,24)(H,23,25). The van der Waals surface area contributed by atoms with Gasteiger partial charge in [0.05, 0.1) is 0 Å². The lowest BCUT2D eigenvalue weighted by atomic mass is 10.1. The molecule has 0 atom stereocenters. The molecule has 0 saturated carbocycles. The lowest BCUT2D eigenvalue weighted by Gasteiger charge is -2.08. The van der Waals surface area contributed by atoms with E-state index in [9.17, 15) is 9.59 Å². The third-order valence-corrected chi connectivity index (χ3v) is 3.35. The quantitative estimate of drug-likeness (QED) is 0.648. The van der Waals surface area contributed by atoms with Crippen molar-refractivity contribution in [2.45, 2.75) is 6.92 Å². The number of carbonyl (C=O) groups excluding carboxylic acids is 2. The normalized spacial score (nSPS) is 11.0. The van der Waals surface area contributed by atoms with Crippen LogP contribution < -0.4 is 10.6 Å². The van der Waals surface area contributed by atoms with E-state index in [1.165, 1.54) is 6.08 Å². The zero-order valence-electron chi connectivity index (χ0n) is 13.8. The third kappa shape index (κ3) is 5.22. The predicted octanol–water partition coefficient (Wildman–Crippen LogP) is 3.76. The highest BCUT2D eigenvalue weighted by Crippen LogP contribution is 2.11. The number of nitrogens with one attached hydrogen (secondary N) is 2. The van der Waals surface area contributed by atoms with Gasteiger partial charge in [0.2, 0.25) is 0 Å². The maximum atomic E-state index is 12.3. The first-order chi connectivity index (χ1) is 12.1. The molecule has 0 fully saturated rings. The van der Waals surface area contributed by atoms with Crippen LogP contribution in [0.1, 0.15) is 27.6 Å². The lowest BCUT2D eigenvalue weighted by Crippen LogP contribution is -2.22. The molecule has 4 nitrogen and oxygen atoms in total. The van der Waals surface area contributed by atoms with Crippen molar-refractivity contribution in [3.05, 3.63) is 89.6 Å². The first kappa shape index (κ1) is 17.8. The van der Waals surface area contributed by atoms with Crippen molar-refractivity contribution in [3.63, 3.8) is 0 Å². The maximum absolute atomic E-state index is 12.3. The minimum absolute atomic E-state index is 0.278. The molecule has 0 radical (unpaired) electrons. The van der Waals surface area contributed by atoms with Crippen molar-refractivity contribution < 1.29 is 9.59 Å². The van der Waals surface area contributed by atoms with Crippen LogP contribution in [0, 0.1) is 12.3 Å². The van der Waals surface area contributed by atoms with Crippen molar-refractivity contribution in [1.82, 2.24) is 5.32 Å². The van der Waals surface area contributed by atoms with Gasteiger partial charge < -0.3 is 10.6 Å². The summed E-state index contributed by atoms with van der Waals surface area (Å²) < 4.78 is 0. The van der Waals surface area contributed by atoms with E-state index in [0.29, 0.717) is 22.5 Å². The van der Waals surface area contributed by atoms with Gasteiger partial charge in [0.25, 0.3) is 11.8 Å². The van der Waals surface area contributed by atoms with Crippen LogP contribution >= 0.6 is 0 Å².